The number of allylic oxidation sites excluding steroid dienone is 3. The third-order valence-corrected chi connectivity index (χ3v) is 8.19. The molecule has 0 aromatic rings. The Morgan fingerprint density at radius 2 is 1.33 bits per heavy atom. The molecular weight excluding hydrogens is 504 g/mol. The normalized spacial score (nSPS) is 36.6. The first-order chi connectivity index (χ1) is 18.2. The predicted octanol–water partition coefficient (Wildman–Crippen LogP) is 4.10. The van der Waals surface area contributed by atoms with Gasteiger partial charge in [-0.1, -0.05) is 30.4 Å². The minimum atomic E-state index is -1.36. The third kappa shape index (κ3) is 5.79. The maximum atomic E-state index is 14.0. The lowest BCUT2D eigenvalue weighted by Gasteiger charge is -2.35. The van der Waals surface area contributed by atoms with Crippen LogP contribution < -0.4 is 0 Å². The van der Waals surface area contributed by atoms with Gasteiger partial charge in [0, 0.05) is 23.1 Å². The minimum absolute atomic E-state index is 0.166. The first-order valence-corrected chi connectivity index (χ1v) is 13.2. The Labute approximate surface area is 230 Å². The van der Waals surface area contributed by atoms with Crippen molar-refractivity contribution < 1.29 is 42.9 Å². The van der Waals surface area contributed by atoms with Crippen molar-refractivity contribution in [3.05, 3.63) is 47.1 Å². The standard InChI is InChI=1S/C30H40O9/c1-11-16(6)26(32)35-19-14-20-29(9,38-20)24(31)22(36-27(33)17(7)12-2)21(15(4)5)23(25-30(19,10)39-25)37-28(34)18(8)13-3/h11-13,19-23,25H,4,14H2,1-3,5-10H3/b16-11-,17-12-,18-13-/t19-,20-,21+,22+,23-,25+,29-,30+/m0/s1. The topological polar surface area (TPSA) is 121 Å². The van der Waals surface area contributed by atoms with Gasteiger partial charge in [-0.15, -0.1) is 0 Å². The van der Waals surface area contributed by atoms with Crippen LogP contribution in [0.1, 0.15) is 68.7 Å². The second kappa shape index (κ2) is 11.2. The van der Waals surface area contributed by atoms with Crippen LogP contribution in [-0.4, -0.2) is 65.4 Å². The van der Waals surface area contributed by atoms with Crippen molar-refractivity contribution in [3.63, 3.8) is 0 Å². The highest BCUT2D eigenvalue weighted by Gasteiger charge is 2.72. The van der Waals surface area contributed by atoms with Crippen LogP contribution in [0.2, 0.25) is 0 Å². The number of hydrogen-bond acceptors (Lipinski definition) is 9. The van der Waals surface area contributed by atoms with Crippen molar-refractivity contribution in [2.45, 2.75) is 110 Å². The Kier molecular flexibility index (Phi) is 8.77. The second-order valence-corrected chi connectivity index (χ2v) is 10.9. The van der Waals surface area contributed by atoms with Crippen LogP contribution >= 0.6 is 0 Å². The molecule has 9 nitrogen and oxygen atoms in total. The van der Waals surface area contributed by atoms with Crippen LogP contribution in [0, 0.1) is 5.92 Å². The third-order valence-electron chi connectivity index (χ3n) is 8.19. The van der Waals surface area contributed by atoms with E-state index in [1.807, 2.05) is 0 Å². The molecule has 0 N–H and O–H groups in total. The summed E-state index contributed by atoms with van der Waals surface area (Å²) < 4.78 is 29.7. The Morgan fingerprint density at radius 1 is 0.846 bits per heavy atom. The quantitative estimate of drug-likeness (QED) is 0.153. The van der Waals surface area contributed by atoms with Gasteiger partial charge in [0.1, 0.15) is 23.9 Å². The SMILES string of the molecule is C=C(C)[C@H]1[C@H](OC(=O)/C(C)=C\C)[C@H]2O[C@]2(C)[C@@H](OC(=O)/C(C)=C\C)C[C@@H]2O[C@]2(C)C(=O)[C@@H]1OC(=O)/C(C)=C\C. The number of Topliss-reactive ketones (excluding diaryl/α,β-unsaturated/α-hetero) is 1. The van der Waals surface area contributed by atoms with E-state index in [2.05, 4.69) is 6.58 Å². The van der Waals surface area contributed by atoms with Gasteiger partial charge in [0.05, 0.1) is 12.0 Å². The largest absolute Gasteiger partial charge is 0.456 e. The van der Waals surface area contributed by atoms with Crippen molar-refractivity contribution in [2.24, 2.45) is 5.92 Å². The number of fused-ring (bicyclic) bond motifs is 2. The van der Waals surface area contributed by atoms with E-state index >= 15 is 0 Å². The molecule has 2 aliphatic heterocycles. The van der Waals surface area contributed by atoms with E-state index in [1.54, 1.807) is 80.5 Å². The van der Waals surface area contributed by atoms with Gasteiger partial charge in [-0.25, -0.2) is 14.4 Å². The van der Waals surface area contributed by atoms with Crippen LogP contribution in [0.5, 0.6) is 0 Å². The zero-order chi connectivity index (χ0) is 29.4. The summed E-state index contributed by atoms with van der Waals surface area (Å²) >= 11 is 0. The first-order valence-electron chi connectivity index (χ1n) is 13.2. The predicted molar refractivity (Wildman–Crippen MR) is 142 cm³/mol. The fourth-order valence-corrected chi connectivity index (χ4v) is 4.84. The van der Waals surface area contributed by atoms with Crippen molar-refractivity contribution >= 4 is 23.7 Å². The molecule has 1 saturated carbocycles. The number of esters is 3. The molecule has 0 bridgehead atoms. The molecule has 3 rings (SSSR count). The Morgan fingerprint density at radius 3 is 1.82 bits per heavy atom. The summed E-state index contributed by atoms with van der Waals surface area (Å²) in [6, 6.07) is 0. The molecule has 2 saturated heterocycles. The van der Waals surface area contributed by atoms with Gasteiger partial charge in [-0.3, -0.25) is 4.79 Å². The number of epoxide rings is 2. The van der Waals surface area contributed by atoms with Crippen LogP contribution in [0.4, 0.5) is 0 Å². The lowest BCUT2D eigenvalue weighted by Crippen LogP contribution is -2.52. The number of rotatable bonds is 7. The Hall–Kier alpha value is -3.04. The molecule has 0 spiro atoms. The lowest BCUT2D eigenvalue weighted by atomic mass is 9.77. The van der Waals surface area contributed by atoms with E-state index in [0.717, 1.165) is 0 Å². The van der Waals surface area contributed by atoms with Gasteiger partial charge in [-0.2, -0.15) is 0 Å². The van der Waals surface area contributed by atoms with Gasteiger partial charge < -0.3 is 23.7 Å². The molecule has 0 aromatic carbocycles. The van der Waals surface area contributed by atoms with Gasteiger partial charge in [0.2, 0.25) is 5.78 Å². The molecule has 3 aliphatic rings. The smallest absolute Gasteiger partial charge is 0.334 e. The van der Waals surface area contributed by atoms with E-state index in [1.165, 1.54) is 0 Å². The summed E-state index contributed by atoms with van der Waals surface area (Å²) in [6.45, 7) is 19.1. The summed E-state index contributed by atoms with van der Waals surface area (Å²) in [7, 11) is 0. The van der Waals surface area contributed by atoms with Crippen molar-refractivity contribution in [2.75, 3.05) is 0 Å². The van der Waals surface area contributed by atoms with E-state index in [4.69, 9.17) is 23.7 Å². The molecule has 9 heteroatoms. The van der Waals surface area contributed by atoms with Crippen LogP contribution in [0.3, 0.4) is 0 Å². The highest BCUT2D eigenvalue weighted by atomic mass is 16.7. The van der Waals surface area contributed by atoms with Crippen LogP contribution in [0.25, 0.3) is 0 Å². The summed E-state index contributed by atoms with van der Waals surface area (Å²) in [5.41, 5.74) is -0.837. The van der Waals surface area contributed by atoms with E-state index in [-0.39, 0.29) is 6.42 Å². The zero-order valence-corrected chi connectivity index (χ0v) is 24.3. The molecule has 0 aromatic heterocycles. The average molecular weight is 545 g/mol. The molecule has 3 fully saturated rings. The van der Waals surface area contributed by atoms with Gasteiger partial charge >= 0.3 is 17.9 Å². The zero-order valence-electron chi connectivity index (χ0n) is 24.3. The number of hydrogen-bond donors (Lipinski definition) is 0. The maximum absolute atomic E-state index is 14.0. The maximum Gasteiger partial charge on any atom is 0.334 e. The average Bonchev–Trinajstić information content (AvgIpc) is 3.78. The fourth-order valence-electron chi connectivity index (χ4n) is 4.84. The summed E-state index contributed by atoms with van der Waals surface area (Å²) in [5, 5.41) is 0. The molecule has 0 unspecified atom stereocenters. The fraction of sp³-hybridized carbons (Fsp3) is 0.600. The minimum Gasteiger partial charge on any atom is -0.456 e. The monoisotopic (exact) mass is 544 g/mol. The van der Waals surface area contributed by atoms with Crippen molar-refractivity contribution in [1.82, 2.24) is 0 Å². The van der Waals surface area contributed by atoms with Gasteiger partial charge in [0.25, 0.3) is 0 Å². The van der Waals surface area contributed by atoms with Crippen LogP contribution in [0.15, 0.2) is 47.1 Å². The number of carbonyl (C=O) groups is 4. The van der Waals surface area contributed by atoms with E-state index < -0.39 is 71.3 Å². The Balaban J connectivity index is 2.14. The molecule has 0 radical (unpaired) electrons. The Bertz CT molecular complexity index is 1160. The highest BCUT2D eigenvalue weighted by molar-refractivity contribution is 5.98. The summed E-state index contributed by atoms with van der Waals surface area (Å²) in [4.78, 5) is 52.7. The molecular formula is C30H40O9. The van der Waals surface area contributed by atoms with Crippen molar-refractivity contribution in [3.8, 4) is 0 Å². The molecule has 214 valence electrons. The van der Waals surface area contributed by atoms with E-state index in [0.29, 0.717) is 22.3 Å². The lowest BCUT2D eigenvalue weighted by molar-refractivity contribution is -0.164. The molecule has 0 amide bonds. The number of ketones is 1. The summed E-state index contributed by atoms with van der Waals surface area (Å²) in [6.07, 6.45) is 0.378. The molecule has 2 heterocycles. The van der Waals surface area contributed by atoms with E-state index in [9.17, 15) is 19.2 Å². The number of ether oxygens (including phenoxy) is 5. The molecule has 8 atom stereocenters. The number of carbonyl (C=O) groups excluding carboxylic acids is 4. The molecule has 1 aliphatic carbocycles. The highest BCUT2D eigenvalue weighted by Crippen LogP contribution is 2.53. The first kappa shape index (κ1) is 30.5. The van der Waals surface area contributed by atoms with Gasteiger partial charge in [0.15, 0.2) is 11.7 Å². The summed E-state index contributed by atoms with van der Waals surface area (Å²) in [5.74, 6) is -3.26. The second-order valence-electron chi connectivity index (χ2n) is 10.9. The van der Waals surface area contributed by atoms with Crippen molar-refractivity contribution in [1.29, 1.82) is 0 Å². The van der Waals surface area contributed by atoms with Gasteiger partial charge in [-0.05, 0) is 62.3 Å². The molecule has 39 heavy (non-hydrogen) atoms. The van der Waals surface area contributed by atoms with Crippen LogP contribution in [-0.2, 0) is 42.9 Å².